The van der Waals surface area contributed by atoms with E-state index < -0.39 is 0 Å². The van der Waals surface area contributed by atoms with Crippen LogP contribution in [-0.2, 0) is 14.2 Å². The summed E-state index contributed by atoms with van der Waals surface area (Å²) in [5.74, 6) is 0. The first-order valence-electron chi connectivity index (χ1n) is 7.65. The number of methoxy groups -OCH3 is 2. The molecular formula is C17H32O4. The summed E-state index contributed by atoms with van der Waals surface area (Å²) in [4.78, 5) is 0. The highest BCUT2D eigenvalue weighted by Gasteiger charge is 2.46. The highest BCUT2D eigenvalue weighted by molar-refractivity contribution is 4.97. The molecule has 0 amide bonds. The van der Waals surface area contributed by atoms with Crippen LogP contribution >= 0.6 is 0 Å². The second kappa shape index (κ2) is 7.23. The maximum absolute atomic E-state index is 9.45. The number of rotatable bonds is 8. The topological polar surface area (TPSA) is 47.9 Å². The van der Waals surface area contributed by atoms with Gasteiger partial charge in [-0.05, 0) is 23.7 Å². The second-order valence-electron chi connectivity index (χ2n) is 7.53. The number of hydrogen-bond acceptors (Lipinski definition) is 4. The molecule has 4 atom stereocenters. The Morgan fingerprint density at radius 3 is 2.05 bits per heavy atom. The van der Waals surface area contributed by atoms with Gasteiger partial charge in [-0.15, -0.1) is 6.58 Å². The van der Waals surface area contributed by atoms with Gasteiger partial charge in [-0.25, -0.2) is 0 Å². The average molecular weight is 300 g/mol. The maximum atomic E-state index is 9.45. The van der Waals surface area contributed by atoms with Crippen molar-refractivity contribution >= 4 is 0 Å². The molecule has 0 bridgehead atoms. The lowest BCUT2D eigenvalue weighted by Crippen LogP contribution is -2.38. The smallest absolute Gasteiger partial charge is 0.114 e. The van der Waals surface area contributed by atoms with Crippen molar-refractivity contribution < 1.29 is 19.3 Å². The van der Waals surface area contributed by atoms with Gasteiger partial charge in [0.1, 0.15) is 18.3 Å². The molecule has 1 heterocycles. The standard InChI is InChI=1S/C17H32O4/c1-8-16(2,3)11-17(4,5)9-12-14(19-6)15(20-7)13(10-18)21-12/h8,12-15,18H,1,9-11H2,2-7H3. The summed E-state index contributed by atoms with van der Waals surface area (Å²) in [7, 11) is 3.31. The summed E-state index contributed by atoms with van der Waals surface area (Å²) in [5, 5.41) is 9.45. The molecule has 4 unspecified atom stereocenters. The minimum atomic E-state index is -0.312. The average Bonchev–Trinajstić information content (AvgIpc) is 2.73. The van der Waals surface area contributed by atoms with Crippen molar-refractivity contribution in [3.05, 3.63) is 12.7 Å². The van der Waals surface area contributed by atoms with Crippen molar-refractivity contribution in [3.63, 3.8) is 0 Å². The fraction of sp³-hybridized carbons (Fsp3) is 0.882. The molecule has 4 heteroatoms. The van der Waals surface area contributed by atoms with Crippen LogP contribution < -0.4 is 0 Å². The van der Waals surface area contributed by atoms with E-state index in [1.807, 2.05) is 6.08 Å². The Balaban J connectivity index is 2.78. The van der Waals surface area contributed by atoms with Gasteiger partial charge >= 0.3 is 0 Å². The van der Waals surface area contributed by atoms with Crippen molar-refractivity contribution in [2.45, 2.75) is 65.0 Å². The van der Waals surface area contributed by atoms with Crippen LogP contribution in [0.15, 0.2) is 12.7 Å². The molecule has 124 valence electrons. The van der Waals surface area contributed by atoms with E-state index in [2.05, 4.69) is 34.3 Å². The van der Waals surface area contributed by atoms with E-state index in [4.69, 9.17) is 14.2 Å². The fourth-order valence-electron chi connectivity index (χ4n) is 3.61. The van der Waals surface area contributed by atoms with Crippen molar-refractivity contribution in [3.8, 4) is 0 Å². The Hall–Kier alpha value is -0.420. The zero-order chi connectivity index (χ0) is 16.3. The second-order valence-corrected chi connectivity index (χ2v) is 7.53. The molecule has 0 aromatic rings. The lowest BCUT2D eigenvalue weighted by molar-refractivity contribution is -0.0439. The van der Waals surface area contributed by atoms with Crippen LogP contribution in [-0.4, -0.2) is 50.3 Å². The van der Waals surface area contributed by atoms with Gasteiger partial charge in [-0.2, -0.15) is 0 Å². The van der Waals surface area contributed by atoms with Crippen LogP contribution in [0.5, 0.6) is 0 Å². The van der Waals surface area contributed by atoms with Crippen molar-refractivity contribution in [2.24, 2.45) is 10.8 Å². The van der Waals surface area contributed by atoms with E-state index in [1.165, 1.54) is 0 Å². The molecule has 1 rings (SSSR count). The molecule has 21 heavy (non-hydrogen) atoms. The van der Waals surface area contributed by atoms with Crippen LogP contribution in [0, 0.1) is 10.8 Å². The highest BCUT2D eigenvalue weighted by Crippen LogP contribution is 2.41. The summed E-state index contributed by atoms with van der Waals surface area (Å²) in [6.45, 7) is 12.7. The first-order chi connectivity index (χ1) is 9.69. The molecule has 1 N–H and O–H groups in total. The van der Waals surface area contributed by atoms with Crippen molar-refractivity contribution in [1.29, 1.82) is 0 Å². The van der Waals surface area contributed by atoms with Gasteiger partial charge < -0.3 is 19.3 Å². The van der Waals surface area contributed by atoms with E-state index in [-0.39, 0.29) is 41.9 Å². The molecule has 0 saturated carbocycles. The summed E-state index contributed by atoms with van der Waals surface area (Å²) in [6.07, 6.45) is 3.15. The van der Waals surface area contributed by atoms with Crippen LogP contribution in [0.2, 0.25) is 0 Å². The fourth-order valence-corrected chi connectivity index (χ4v) is 3.61. The third kappa shape index (κ3) is 4.78. The lowest BCUT2D eigenvalue weighted by atomic mass is 9.72. The number of aliphatic hydroxyl groups excluding tert-OH is 1. The molecule has 1 fully saturated rings. The van der Waals surface area contributed by atoms with Crippen molar-refractivity contribution in [2.75, 3.05) is 20.8 Å². The van der Waals surface area contributed by atoms with E-state index in [1.54, 1.807) is 14.2 Å². The highest BCUT2D eigenvalue weighted by atomic mass is 16.6. The minimum Gasteiger partial charge on any atom is -0.394 e. The molecule has 0 spiro atoms. The summed E-state index contributed by atoms with van der Waals surface area (Å²) >= 11 is 0. The Kier molecular flexibility index (Phi) is 6.41. The van der Waals surface area contributed by atoms with E-state index >= 15 is 0 Å². The first kappa shape index (κ1) is 18.6. The van der Waals surface area contributed by atoms with Gasteiger partial charge in [0.2, 0.25) is 0 Å². The number of hydrogen-bond donors (Lipinski definition) is 1. The van der Waals surface area contributed by atoms with Gasteiger partial charge in [0, 0.05) is 14.2 Å². The Bertz CT molecular complexity index is 338. The van der Waals surface area contributed by atoms with Gasteiger partial charge in [0.15, 0.2) is 0 Å². The zero-order valence-corrected chi connectivity index (χ0v) is 14.4. The van der Waals surface area contributed by atoms with Crippen LogP contribution in [0.3, 0.4) is 0 Å². The zero-order valence-electron chi connectivity index (χ0n) is 14.4. The minimum absolute atomic E-state index is 0.0482. The van der Waals surface area contributed by atoms with Gasteiger partial charge in [-0.1, -0.05) is 33.8 Å². The predicted octanol–water partition coefficient (Wildman–Crippen LogP) is 2.79. The third-order valence-electron chi connectivity index (χ3n) is 4.37. The molecule has 0 aliphatic carbocycles. The molecule has 1 saturated heterocycles. The molecule has 0 radical (unpaired) electrons. The molecule has 4 nitrogen and oxygen atoms in total. The number of aliphatic hydroxyl groups is 1. The van der Waals surface area contributed by atoms with Crippen molar-refractivity contribution in [1.82, 2.24) is 0 Å². The van der Waals surface area contributed by atoms with Gasteiger partial charge in [0.25, 0.3) is 0 Å². The molecule has 0 aromatic heterocycles. The first-order valence-corrected chi connectivity index (χ1v) is 7.65. The van der Waals surface area contributed by atoms with Gasteiger partial charge in [0.05, 0.1) is 12.7 Å². The maximum Gasteiger partial charge on any atom is 0.114 e. The SMILES string of the molecule is C=CC(C)(C)CC(C)(C)CC1OC(CO)C(OC)C1OC. The van der Waals surface area contributed by atoms with Crippen LogP contribution in [0.1, 0.15) is 40.5 Å². The summed E-state index contributed by atoms with van der Waals surface area (Å²) in [6, 6.07) is 0. The third-order valence-corrected chi connectivity index (χ3v) is 4.37. The molecular weight excluding hydrogens is 268 g/mol. The van der Waals surface area contributed by atoms with E-state index in [0.717, 1.165) is 12.8 Å². The predicted molar refractivity (Wildman–Crippen MR) is 84.3 cm³/mol. The quantitative estimate of drug-likeness (QED) is 0.700. The largest absolute Gasteiger partial charge is 0.394 e. The Labute approximate surface area is 129 Å². The Morgan fingerprint density at radius 1 is 1.10 bits per heavy atom. The molecule has 1 aliphatic heterocycles. The monoisotopic (exact) mass is 300 g/mol. The number of ether oxygens (including phenoxy) is 3. The van der Waals surface area contributed by atoms with Crippen LogP contribution in [0.25, 0.3) is 0 Å². The summed E-state index contributed by atoms with van der Waals surface area (Å²) in [5.41, 5.74) is 0.170. The molecule has 0 aromatic carbocycles. The Morgan fingerprint density at radius 2 is 1.62 bits per heavy atom. The van der Waals surface area contributed by atoms with Crippen LogP contribution in [0.4, 0.5) is 0 Å². The summed E-state index contributed by atoms with van der Waals surface area (Å²) < 4.78 is 17.0. The normalized spacial score (nSPS) is 30.6. The van der Waals surface area contributed by atoms with E-state index in [9.17, 15) is 5.11 Å². The molecule has 1 aliphatic rings. The number of allylic oxidation sites excluding steroid dienone is 1. The van der Waals surface area contributed by atoms with E-state index in [0.29, 0.717) is 0 Å². The van der Waals surface area contributed by atoms with Gasteiger partial charge in [-0.3, -0.25) is 0 Å². The lowest BCUT2D eigenvalue weighted by Gasteiger charge is -2.35.